The fraction of sp³-hybridized carbons (Fsp3) is 0.125. The van der Waals surface area contributed by atoms with Gasteiger partial charge in [-0.05, 0) is 42.0 Å². The molecule has 160 valence electrons. The average molecular weight is 426 g/mol. The van der Waals surface area contributed by atoms with E-state index in [-0.39, 0.29) is 0 Å². The van der Waals surface area contributed by atoms with Gasteiger partial charge < -0.3 is 14.8 Å². The number of aromatic nitrogens is 5. The zero-order chi connectivity index (χ0) is 22.1. The lowest BCUT2D eigenvalue weighted by atomic mass is 10.1. The Kier molecular flexibility index (Phi) is 4.95. The van der Waals surface area contributed by atoms with E-state index in [1.165, 1.54) is 0 Å². The number of nitrogens with one attached hydrogen (secondary N) is 1. The van der Waals surface area contributed by atoms with Crippen LogP contribution in [0.3, 0.4) is 0 Å². The number of ether oxygens (including phenoxy) is 2. The summed E-state index contributed by atoms with van der Waals surface area (Å²) in [7, 11) is 5.16. The molecule has 0 saturated carbocycles. The molecule has 0 aliphatic rings. The van der Waals surface area contributed by atoms with Crippen LogP contribution in [0.15, 0.2) is 73.3 Å². The number of anilines is 2. The number of pyridine rings is 2. The van der Waals surface area contributed by atoms with Gasteiger partial charge in [0.15, 0.2) is 0 Å². The summed E-state index contributed by atoms with van der Waals surface area (Å²) in [5.41, 5.74) is 5.48. The number of hydrogen-bond donors (Lipinski definition) is 1. The number of methoxy groups -OCH3 is 2. The Morgan fingerprint density at radius 1 is 0.938 bits per heavy atom. The zero-order valence-electron chi connectivity index (χ0n) is 18.0. The molecular formula is C24H22N6O2. The van der Waals surface area contributed by atoms with Crippen LogP contribution >= 0.6 is 0 Å². The van der Waals surface area contributed by atoms with Crippen molar-refractivity contribution in [2.45, 2.75) is 0 Å². The number of imidazole rings is 1. The molecule has 0 fully saturated rings. The summed E-state index contributed by atoms with van der Waals surface area (Å²) in [5, 5.41) is 7.58. The lowest BCUT2D eigenvalue weighted by Gasteiger charge is -2.12. The van der Waals surface area contributed by atoms with Gasteiger partial charge in [0.25, 0.3) is 0 Å². The summed E-state index contributed by atoms with van der Waals surface area (Å²) >= 11 is 0. The summed E-state index contributed by atoms with van der Waals surface area (Å²) < 4.78 is 14.6. The lowest BCUT2D eigenvalue weighted by Crippen LogP contribution is -1.99. The maximum absolute atomic E-state index is 5.48. The van der Waals surface area contributed by atoms with Crippen LogP contribution in [0, 0.1) is 0 Å². The van der Waals surface area contributed by atoms with Crippen molar-refractivity contribution in [3.05, 3.63) is 73.3 Å². The first-order valence-electron chi connectivity index (χ1n) is 10.1. The first-order valence-corrected chi connectivity index (χ1v) is 10.1. The summed E-state index contributed by atoms with van der Waals surface area (Å²) in [5.74, 6) is 2.10. The predicted molar refractivity (Wildman–Crippen MR) is 123 cm³/mol. The molecule has 0 bridgehead atoms. The fourth-order valence-electron chi connectivity index (χ4n) is 3.61. The Balaban J connectivity index is 1.47. The standard InChI is InChI=1S/C24H22N6O2/c1-29-15-17(13-26-29)16-9-10-30-21(14-25-24(30)11-16)19-5-4-6-23(27-19)28-20-8-7-18(31-2)12-22(20)32-3/h4-15H,1-3H3,(H,27,28). The fourth-order valence-corrected chi connectivity index (χ4v) is 3.61. The van der Waals surface area contributed by atoms with Crippen molar-refractivity contribution in [3.63, 3.8) is 0 Å². The summed E-state index contributed by atoms with van der Waals surface area (Å²) in [6.45, 7) is 0. The SMILES string of the molecule is COc1ccc(Nc2cccc(-c3cnc4cc(-c5cnn(C)c5)ccn34)n2)c(OC)c1. The van der Waals surface area contributed by atoms with Gasteiger partial charge in [-0.1, -0.05) is 6.07 Å². The largest absolute Gasteiger partial charge is 0.497 e. The highest BCUT2D eigenvalue weighted by molar-refractivity contribution is 5.71. The van der Waals surface area contributed by atoms with Crippen molar-refractivity contribution in [2.75, 3.05) is 19.5 Å². The van der Waals surface area contributed by atoms with Crippen LogP contribution < -0.4 is 14.8 Å². The molecule has 5 rings (SSSR count). The smallest absolute Gasteiger partial charge is 0.146 e. The third-order valence-electron chi connectivity index (χ3n) is 5.23. The second kappa shape index (κ2) is 8.07. The Hall–Kier alpha value is -4.33. The van der Waals surface area contributed by atoms with Gasteiger partial charge in [0.1, 0.15) is 23.0 Å². The molecule has 0 unspecified atom stereocenters. The molecule has 1 N–H and O–H groups in total. The van der Waals surface area contributed by atoms with Crippen molar-refractivity contribution in [1.29, 1.82) is 0 Å². The summed E-state index contributed by atoms with van der Waals surface area (Å²) in [6.07, 6.45) is 7.68. The van der Waals surface area contributed by atoms with Crippen LogP contribution in [0.25, 0.3) is 28.2 Å². The topological polar surface area (TPSA) is 78.5 Å². The van der Waals surface area contributed by atoms with E-state index in [1.807, 2.05) is 78.7 Å². The highest BCUT2D eigenvalue weighted by atomic mass is 16.5. The van der Waals surface area contributed by atoms with Crippen LogP contribution in [-0.2, 0) is 7.05 Å². The monoisotopic (exact) mass is 426 g/mol. The minimum atomic E-state index is 0.675. The molecule has 8 nitrogen and oxygen atoms in total. The van der Waals surface area contributed by atoms with Crippen LogP contribution in [0.5, 0.6) is 11.5 Å². The molecule has 0 aliphatic carbocycles. The third-order valence-corrected chi connectivity index (χ3v) is 5.23. The number of rotatable bonds is 6. The minimum absolute atomic E-state index is 0.675. The molecule has 8 heteroatoms. The first-order chi connectivity index (χ1) is 15.6. The predicted octanol–water partition coefficient (Wildman–Crippen LogP) is 4.56. The average Bonchev–Trinajstić information content (AvgIpc) is 3.45. The minimum Gasteiger partial charge on any atom is -0.497 e. The molecule has 0 spiro atoms. The van der Waals surface area contributed by atoms with Crippen molar-refractivity contribution < 1.29 is 9.47 Å². The van der Waals surface area contributed by atoms with Gasteiger partial charge in [0.05, 0.1) is 43.7 Å². The quantitative estimate of drug-likeness (QED) is 0.429. The van der Waals surface area contributed by atoms with E-state index in [0.29, 0.717) is 11.6 Å². The van der Waals surface area contributed by atoms with E-state index in [2.05, 4.69) is 21.5 Å². The van der Waals surface area contributed by atoms with E-state index in [0.717, 1.165) is 39.6 Å². The van der Waals surface area contributed by atoms with Gasteiger partial charge in [0.2, 0.25) is 0 Å². The lowest BCUT2D eigenvalue weighted by molar-refractivity contribution is 0.395. The zero-order valence-corrected chi connectivity index (χ0v) is 18.0. The molecule has 0 radical (unpaired) electrons. The molecule has 1 aromatic carbocycles. The Labute approximate surface area is 185 Å². The van der Waals surface area contributed by atoms with Gasteiger partial charge in [0, 0.05) is 31.1 Å². The molecular weight excluding hydrogens is 404 g/mol. The Bertz CT molecular complexity index is 1400. The van der Waals surface area contributed by atoms with Gasteiger partial charge >= 0.3 is 0 Å². The van der Waals surface area contributed by atoms with Crippen molar-refractivity contribution in [3.8, 4) is 34.0 Å². The highest BCUT2D eigenvalue weighted by Crippen LogP contribution is 2.32. The second-order valence-electron chi connectivity index (χ2n) is 7.29. The van der Waals surface area contributed by atoms with Crippen LogP contribution in [0.1, 0.15) is 0 Å². The van der Waals surface area contributed by atoms with Gasteiger partial charge in [-0.25, -0.2) is 9.97 Å². The van der Waals surface area contributed by atoms with E-state index in [4.69, 9.17) is 14.5 Å². The van der Waals surface area contributed by atoms with E-state index in [9.17, 15) is 0 Å². The summed E-state index contributed by atoms with van der Waals surface area (Å²) in [6, 6.07) is 15.6. The molecule has 4 heterocycles. The van der Waals surface area contributed by atoms with Crippen LogP contribution in [-0.4, -0.2) is 38.4 Å². The third kappa shape index (κ3) is 3.62. The maximum Gasteiger partial charge on any atom is 0.146 e. The number of nitrogens with zero attached hydrogens (tertiary/aromatic N) is 5. The normalized spacial score (nSPS) is 11.0. The Morgan fingerprint density at radius 2 is 1.84 bits per heavy atom. The van der Waals surface area contributed by atoms with Crippen molar-refractivity contribution in [1.82, 2.24) is 24.1 Å². The molecule has 32 heavy (non-hydrogen) atoms. The first kappa shape index (κ1) is 19.6. The van der Waals surface area contributed by atoms with Gasteiger partial charge in [-0.15, -0.1) is 0 Å². The van der Waals surface area contributed by atoms with E-state index in [1.54, 1.807) is 18.9 Å². The Morgan fingerprint density at radius 3 is 2.62 bits per heavy atom. The van der Waals surface area contributed by atoms with Gasteiger partial charge in [-0.2, -0.15) is 5.10 Å². The second-order valence-corrected chi connectivity index (χ2v) is 7.29. The van der Waals surface area contributed by atoms with E-state index >= 15 is 0 Å². The molecule has 0 amide bonds. The van der Waals surface area contributed by atoms with Gasteiger partial charge in [-0.3, -0.25) is 9.08 Å². The molecule has 0 aliphatic heterocycles. The highest BCUT2D eigenvalue weighted by Gasteiger charge is 2.11. The van der Waals surface area contributed by atoms with Crippen molar-refractivity contribution in [2.24, 2.45) is 7.05 Å². The molecule has 4 aromatic heterocycles. The summed E-state index contributed by atoms with van der Waals surface area (Å²) in [4.78, 5) is 9.38. The molecule has 0 atom stereocenters. The van der Waals surface area contributed by atoms with Crippen LogP contribution in [0.4, 0.5) is 11.5 Å². The van der Waals surface area contributed by atoms with E-state index < -0.39 is 0 Å². The maximum atomic E-state index is 5.48. The number of benzene rings is 1. The molecule has 0 saturated heterocycles. The van der Waals surface area contributed by atoms with Crippen molar-refractivity contribution >= 4 is 17.2 Å². The number of fused-ring (bicyclic) bond motifs is 1. The molecule has 5 aromatic rings. The van der Waals surface area contributed by atoms with Crippen LogP contribution in [0.2, 0.25) is 0 Å². The number of aryl methyl sites for hydroxylation is 1. The number of hydrogen-bond acceptors (Lipinski definition) is 6.